The zero-order valence-corrected chi connectivity index (χ0v) is 14.3. The Labute approximate surface area is 142 Å². The number of unbranched alkanes of at least 4 members (excludes halogenated alkanes) is 1. The summed E-state index contributed by atoms with van der Waals surface area (Å²) in [4.78, 5) is 25.3. The van der Waals surface area contributed by atoms with Gasteiger partial charge in [0.1, 0.15) is 0 Å². The molecule has 1 aromatic rings. The van der Waals surface area contributed by atoms with Gasteiger partial charge < -0.3 is 16.0 Å². The number of primary amides is 1. The highest BCUT2D eigenvalue weighted by Crippen LogP contribution is 2.36. The van der Waals surface area contributed by atoms with Gasteiger partial charge in [-0.1, -0.05) is 37.3 Å². The van der Waals surface area contributed by atoms with Crippen molar-refractivity contribution in [2.75, 3.05) is 18.8 Å². The molecule has 6 heteroatoms. The number of benzene rings is 1. The van der Waals surface area contributed by atoms with Gasteiger partial charge in [-0.15, -0.1) is 0 Å². The van der Waals surface area contributed by atoms with Crippen LogP contribution in [-0.4, -0.2) is 40.9 Å². The third-order valence-corrected chi connectivity index (χ3v) is 5.27. The fraction of sp³-hybridized carbons (Fsp3) is 0.529. The maximum atomic E-state index is 12.6. The van der Waals surface area contributed by atoms with Gasteiger partial charge in [0, 0.05) is 30.5 Å². The minimum Gasteiger partial charge on any atom is -0.352 e. The zero-order chi connectivity index (χ0) is 16.7. The Kier molecular flexibility index (Phi) is 6.77. The first-order chi connectivity index (χ1) is 11.1. The van der Waals surface area contributed by atoms with Crippen LogP contribution >= 0.6 is 11.8 Å². The van der Waals surface area contributed by atoms with E-state index >= 15 is 0 Å². The summed E-state index contributed by atoms with van der Waals surface area (Å²) in [7, 11) is 0. The standard InChI is InChI=1S/C17H25N3O2S/c1-13-16(14-7-3-2-4-8-14)20(11-12-23-13)15(21)9-5-6-10-19-17(18)22/h2-4,7-8,13,16H,5-6,9-12H2,1H3,(H3,18,19,22)/t13-,16+/m1/s1. The summed E-state index contributed by atoms with van der Waals surface area (Å²) >= 11 is 1.92. The number of hydrogen-bond donors (Lipinski definition) is 2. The van der Waals surface area contributed by atoms with E-state index in [-0.39, 0.29) is 11.9 Å². The lowest BCUT2D eigenvalue weighted by Crippen LogP contribution is -2.43. The number of thioether (sulfide) groups is 1. The maximum absolute atomic E-state index is 12.6. The molecule has 0 spiro atoms. The van der Waals surface area contributed by atoms with E-state index in [0.29, 0.717) is 18.2 Å². The van der Waals surface area contributed by atoms with Crippen molar-refractivity contribution in [2.45, 2.75) is 37.5 Å². The third kappa shape index (κ3) is 5.16. The summed E-state index contributed by atoms with van der Waals surface area (Å²) in [6.07, 6.45) is 2.04. The molecule has 3 amide bonds. The van der Waals surface area contributed by atoms with Crippen molar-refractivity contribution in [3.05, 3.63) is 35.9 Å². The molecule has 1 fully saturated rings. The van der Waals surface area contributed by atoms with Gasteiger partial charge in [-0.25, -0.2) is 4.79 Å². The van der Waals surface area contributed by atoms with Gasteiger partial charge >= 0.3 is 6.03 Å². The minimum absolute atomic E-state index is 0.145. The predicted octanol–water partition coefficient (Wildman–Crippen LogP) is 2.53. The summed E-state index contributed by atoms with van der Waals surface area (Å²) < 4.78 is 0. The third-order valence-electron chi connectivity index (χ3n) is 4.07. The first-order valence-electron chi connectivity index (χ1n) is 8.09. The van der Waals surface area contributed by atoms with Gasteiger partial charge in [-0.3, -0.25) is 4.79 Å². The molecule has 1 aromatic carbocycles. The summed E-state index contributed by atoms with van der Waals surface area (Å²) in [6, 6.07) is 9.89. The van der Waals surface area contributed by atoms with Crippen LogP contribution in [0.1, 0.15) is 37.8 Å². The molecule has 1 saturated heterocycles. The second kappa shape index (κ2) is 8.82. The molecular weight excluding hydrogens is 310 g/mol. The molecule has 2 atom stereocenters. The van der Waals surface area contributed by atoms with Crippen molar-refractivity contribution in [3.63, 3.8) is 0 Å². The van der Waals surface area contributed by atoms with Crippen LogP contribution in [0.5, 0.6) is 0 Å². The van der Waals surface area contributed by atoms with E-state index in [1.165, 1.54) is 5.56 Å². The van der Waals surface area contributed by atoms with Crippen LogP contribution in [-0.2, 0) is 4.79 Å². The number of amides is 3. The molecule has 23 heavy (non-hydrogen) atoms. The van der Waals surface area contributed by atoms with Crippen LogP contribution in [0, 0.1) is 0 Å². The molecule has 0 unspecified atom stereocenters. The van der Waals surface area contributed by atoms with Crippen LogP contribution in [0.3, 0.4) is 0 Å². The number of carbonyl (C=O) groups is 2. The molecule has 5 nitrogen and oxygen atoms in total. The average Bonchev–Trinajstić information content (AvgIpc) is 2.54. The van der Waals surface area contributed by atoms with Crippen molar-refractivity contribution in [2.24, 2.45) is 5.73 Å². The molecule has 0 aromatic heterocycles. The Hall–Kier alpha value is -1.69. The molecule has 126 valence electrons. The molecular formula is C17H25N3O2S. The molecule has 0 saturated carbocycles. The number of hydrogen-bond acceptors (Lipinski definition) is 3. The zero-order valence-electron chi connectivity index (χ0n) is 13.5. The van der Waals surface area contributed by atoms with Crippen LogP contribution in [0.2, 0.25) is 0 Å². The molecule has 1 aliphatic heterocycles. The topological polar surface area (TPSA) is 75.4 Å². The first kappa shape index (κ1) is 17.7. The normalized spacial score (nSPS) is 21.0. The monoisotopic (exact) mass is 335 g/mol. The highest BCUT2D eigenvalue weighted by molar-refractivity contribution is 8.00. The Morgan fingerprint density at radius 2 is 2.04 bits per heavy atom. The van der Waals surface area contributed by atoms with Crippen molar-refractivity contribution in [1.29, 1.82) is 0 Å². The Morgan fingerprint density at radius 1 is 1.30 bits per heavy atom. The second-order valence-electron chi connectivity index (χ2n) is 5.77. The van der Waals surface area contributed by atoms with Crippen LogP contribution < -0.4 is 11.1 Å². The lowest BCUT2D eigenvalue weighted by molar-refractivity contribution is -0.133. The summed E-state index contributed by atoms with van der Waals surface area (Å²) in [6.45, 7) is 3.52. The molecule has 0 bridgehead atoms. The van der Waals surface area contributed by atoms with E-state index in [1.807, 2.05) is 34.9 Å². The molecule has 0 aliphatic carbocycles. The van der Waals surface area contributed by atoms with E-state index in [4.69, 9.17) is 5.73 Å². The Morgan fingerprint density at radius 3 is 2.74 bits per heavy atom. The van der Waals surface area contributed by atoms with Gasteiger partial charge in [0.2, 0.25) is 5.91 Å². The lowest BCUT2D eigenvalue weighted by Gasteiger charge is -2.40. The van der Waals surface area contributed by atoms with Gasteiger partial charge in [0.15, 0.2) is 0 Å². The van der Waals surface area contributed by atoms with Crippen LogP contribution in [0.25, 0.3) is 0 Å². The summed E-state index contributed by atoms with van der Waals surface area (Å²) in [5.74, 6) is 1.18. The fourth-order valence-electron chi connectivity index (χ4n) is 2.96. The first-order valence-corrected chi connectivity index (χ1v) is 9.14. The largest absolute Gasteiger partial charge is 0.352 e. The number of rotatable bonds is 6. The Bertz CT molecular complexity index is 524. The lowest BCUT2D eigenvalue weighted by atomic mass is 10.0. The maximum Gasteiger partial charge on any atom is 0.312 e. The number of urea groups is 1. The fourth-order valence-corrected chi connectivity index (χ4v) is 4.12. The number of carbonyl (C=O) groups excluding carboxylic acids is 2. The average molecular weight is 335 g/mol. The summed E-state index contributed by atoms with van der Waals surface area (Å²) in [5.41, 5.74) is 6.23. The molecule has 1 aliphatic rings. The van der Waals surface area contributed by atoms with Gasteiger partial charge in [0.25, 0.3) is 0 Å². The highest BCUT2D eigenvalue weighted by atomic mass is 32.2. The SMILES string of the molecule is C[C@H]1SCCN(C(=O)CCCCNC(N)=O)[C@@H]1c1ccccc1. The number of nitrogens with zero attached hydrogens (tertiary/aromatic N) is 1. The van der Waals surface area contributed by atoms with Crippen molar-refractivity contribution in [1.82, 2.24) is 10.2 Å². The smallest absolute Gasteiger partial charge is 0.312 e. The van der Waals surface area contributed by atoms with Crippen molar-refractivity contribution >= 4 is 23.7 Å². The van der Waals surface area contributed by atoms with Crippen molar-refractivity contribution < 1.29 is 9.59 Å². The predicted molar refractivity (Wildman–Crippen MR) is 94.3 cm³/mol. The van der Waals surface area contributed by atoms with E-state index < -0.39 is 6.03 Å². The van der Waals surface area contributed by atoms with E-state index in [1.54, 1.807) is 0 Å². The van der Waals surface area contributed by atoms with Crippen molar-refractivity contribution in [3.8, 4) is 0 Å². The molecule has 0 radical (unpaired) electrons. The van der Waals surface area contributed by atoms with E-state index in [0.717, 1.165) is 25.1 Å². The van der Waals surface area contributed by atoms with Gasteiger partial charge in [0.05, 0.1) is 6.04 Å². The summed E-state index contributed by atoms with van der Waals surface area (Å²) in [5, 5.41) is 2.95. The second-order valence-corrected chi connectivity index (χ2v) is 7.25. The van der Waals surface area contributed by atoms with Gasteiger partial charge in [-0.2, -0.15) is 11.8 Å². The molecule has 3 N–H and O–H groups in total. The van der Waals surface area contributed by atoms with Crippen LogP contribution in [0.4, 0.5) is 4.79 Å². The van der Waals surface area contributed by atoms with Gasteiger partial charge in [-0.05, 0) is 18.4 Å². The number of nitrogens with two attached hydrogens (primary N) is 1. The molecule has 2 rings (SSSR count). The minimum atomic E-state index is -0.512. The van der Waals surface area contributed by atoms with Crippen LogP contribution in [0.15, 0.2) is 30.3 Å². The highest BCUT2D eigenvalue weighted by Gasteiger charge is 2.32. The molecule has 1 heterocycles. The van der Waals surface area contributed by atoms with E-state index in [9.17, 15) is 9.59 Å². The number of nitrogens with one attached hydrogen (secondary N) is 1. The quantitative estimate of drug-likeness (QED) is 0.785. The Balaban J connectivity index is 1.92. The van der Waals surface area contributed by atoms with E-state index in [2.05, 4.69) is 24.4 Å².